The Morgan fingerprint density at radius 2 is 1.85 bits per heavy atom. The molecule has 0 bridgehead atoms. The maximum atomic E-state index is 13.4. The van der Waals surface area contributed by atoms with Crippen LogP contribution in [0.3, 0.4) is 0 Å². The quantitative estimate of drug-likeness (QED) is 0.0601. The van der Waals surface area contributed by atoms with Gasteiger partial charge in [0, 0.05) is 46.1 Å². The zero-order valence-corrected chi connectivity index (χ0v) is 25.0. The summed E-state index contributed by atoms with van der Waals surface area (Å²) in [4.78, 5) is 33.7. The van der Waals surface area contributed by atoms with Crippen LogP contribution in [0, 0.1) is 6.92 Å². The molecule has 0 amide bonds. The molecule has 5 nitrogen and oxygen atoms in total. The summed E-state index contributed by atoms with van der Waals surface area (Å²) in [6.45, 7) is 6.33. The highest BCUT2D eigenvalue weighted by molar-refractivity contribution is 7.99. The number of halogens is 1. The standard InChI is InChI=1S/C34H33ClN2O3S/c1-4-37-32-17-11-24(31(36-40-23(3)38)10-7-19-41-27-15-13-26(35)14-16-27)20-29(32)30-21-25(12-18-33(30)37)34(39)28-9-6-5-8-22(28)2/h5-6,8-9,11-18,20-21,29,32H,4,7,10,19H2,1-3H3/b36-31+. The second-order valence-corrected chi connectivity index (χ2v) is 11.8. The van der Waals surface area contributed by atoms with Crippen molar-refractivity contribution in [3.05, 3.63) is 118 Å². The zero-order valence-electron chi connectivity index (χ0n) is 23.5. The van der Waals surface area contributed by atoms with Gasteiger partial charge in [0.05, 0.1) is 11.8 Å². The van der Waals surface area contributed by atoms with Crippen molar-refractivity contribution < 1.29 is 14.4 Å². The van der Waals surface area contributed by atoms with Crippen LogP contribution >= 0.6 is 23.4 Å². The third kappa shape index (κ3) is 6.50. The number of likely N-dealkylation sites (N-methyl/N-ethyl adjacent to an activating group) is 1. The number of benzene rings is 3. The van der Waals surface area contributed by atoms with Crippen molar-refractivity contribution in [2.24, 2.45) is 5.16 Å². The molecule has 5 rings (SSSR count). The van der Waals surface area contributed by atoms with E-state index in [0.29, 0.717) is 12.0 Å². The molecule has 0 saturated heterocycles. The average Bonchev–Trinajstić information content (AvgIpc) is 3.29. The Kier molecular flexibility index (Phi) is 9.11. The van der Waals surface area contributed by atoms with Gasteiger partial charge in [-0.3, -0.25) is 4.79 Å². The summed E-state index contributed by atoms with van der Waals surface area (Å²) in [6.07, 6.45) is 8.04. The summed E-state index contributed by atoms with van der Waals surface area (Å²) in [5.41, 5.74) is 6.34. The number of ketones is 1. The third-order valence-electron chi connectivity index (χ3n) is 7.51. The van der Waals surface area contributed by atoms with Crippen molar-refractivity contribution in [3.8, 4) is 0 Å². The van der Waals surface area contributed by atoms with E-state index in [1.54, 1.807) is 11.8 Å². The zero-order chi connectivity index (χ0) is 28.9. The lowest BCUT2D eigenvalue weighted by Crippen LogP contribution is -2.33. The van der Waals surface area contributed by atoms with Gasteiger partial charge in [-0.2, -0.15) is 0 Å². The number of oxime groups is 1. The number of hydrogen-bond acceptors (Lipinski definition) is 6. The maximum absolute atomic E-state index is 13.4. The van der Waals surface area contributed by atoms with E-state index in [0.717, 1.165) is 62.3 Å². The molecule has 0 saturated carbocycles. The number of rotatable bonds is 10. The first-order valence-electron chi connectivity index (χ1n) is 13.9. The Bertz CT molecular complexity index is 1540. The van der Waals surface area contributed by atoms with Gasteiger partial charge >= 0.3 is 5.97 Å². The predicted octanol–water partition coefficient (Wildman–Crippen LogP) is 8.16. The molecule has 7 heteroatoms. The van der Waals surface area contributed by atoms with Gasteiger partial charge in [-0.25, -0.2) is 4.79 Å². The number of fused-ring (bicyclic) bond motifs is 3. The summed E-state index contributed by atoms with van der Waals surface area (Å²) < 4.78 is 0. The van der Waals surface area contributed by atoms with E-state index in [-0.39, 0.29) is 17.7 Å². The molecule has 1 aliphatic heterocycles. The number of allylic oxidation sites excluding steroid dienone is 2. The van der Waals surface area contributed by atoms with E-state index < -0.39 is 5.97 Å². The lowest BCUT2D eigenvalue weighted by molar-refractivity contribution is -0.140. The molecule has 41 heavy (non-hydrogen) atoms. The smallest absolute Gasteiger partial charge is 0.331 e. The average molecular weight is 585 g/mol. The Hall–Kier alpha value is -3.61. The van der Waals surface area contributed by atoms with E-state index in [4.69, 9.17) is 16.4 Å². The van der Waals surface area contributed by atoms with Crippen molar-refractivity contribution in [3.63, 3.8) is 0 Å². The van der Waals surface area contributed by atoms with Crippen molar-refractivity contribution >= 4 is 46.5 Å². The van der Waals surface area contributed by atoms with Crippen LogP contribution in [0.4, 0.5) is 5.69 Å². The van der Waals surface area contributed by atoms with Gasteiger partial charge in [-0.15, -0.1) is 11.8 Å². The first-order valence-corrected chi connectivity index (χ1v) is 15.3. The molecule has 210 valence electrons. The van der Waals surface area contributed by atoms with Gasteiger partial charge in [0.25, 0.3) is 0 Å². The molecule has 2 aliphatic rings. The van der Waals surface area contributed by atoms with Crippen LogP contribution in [0.25, 0.3) is 0 Å². The molecule has 0 fully saturated rings. The van der Waals surface area contributed by atoms with Gasteiger partial charge in [-0.1, -0.05) is 59.3 Å². The summed E-state index contributed by atoms with van der Waals surface area (Å²) in [5.74, 6) is 0.531. The molecule has 3 aromatic carbocycles. The SMILES string of the molecule is CCN1c2ccc(C(=O)c3ccccc3C)cc2C2C=C(/C(CCCSc3ccc(Cl)cc3)=N/OC(C)=O)C=CC21. The molecule has 0 spiro atoms. The molecular formula is C34H33ClN2O3S. The van der Waals surface area contributed by atoms with Crippen molar-refractivity contribution in [2.45, 2.75) is 50.5 Å². The van der Waals surface area contributed by atoms with Crippen molar-refractivity contribution in [2.75, 3.05) is 17.2 Å². The number of carbonyl (C=O) groups is 2. The number of aryl methyl sites for hydroxylation is 1. The van der Waals surface area contributed by atoms with Gasteiger partial charge in [0.2, 0.25) is 0 Å². The van der Waals surface area contributed by atoms with Crippen LogP contribution in [-0.4, -0.2) is 35.8 Å². The van der Waals surface area contributed by atoms with Crippen LogP contribution < -0.4 is 4.90 Å². The van der Waals surface area contributed by atoms with Gasteiger partial charge in [-0.05, 0) is 91.6 Å². The fraction of sp³-hybridized carbons (Fsp3) is 0.265. The molecular weight excluding hydrogens is 552 g/mol. The molecule has 1 heterocycles. The van der Waals surface area contributed by atoms with E-state index in [1.165, 1.54) is 6.92 Å². The summed E-state index contributed by atoms with van der Waals surface area (Å²) in [7, 11) is 0. The summed E-state index contributed by atoms with van der Waals surface area (Å²) in [5, 5.41) is 4.98. The van der Waals surface area contributed by atoms with Gasteiger partial charge < -0.3 is 9.74 Å². The topological polar surface area (TPSA) is 59.0 Å². The van der Waals surface area contributed by atoms with Crippen LogP contribution in [0.1, 0.15) is 59.7 Å². The maximum Gasteiger partial charge on any atom is 0.331 e. The Labute approximate surface area is 250 Å². The lowest BCUT2D eigenvalue weighted by atomic mass is 9.85. The summed E-state index contributed by atoms with van der Waals surface area (Å²) in [6, 6.07) is 21.7. The minimum atomic E-state index is -0.445. The van der Waals surface area contributed by atoms with Crippen LogP contribution in [0.2, 0.25) is 5.02 Å². The van der Waals surface area contributed by atoms with Gasteiger partial charge in [0.1, 0.15) is 0 Å². The molecule has 2 atom stereocenters. The van der Waals surface area contributed by atoms with Crippen LogP contribution in [0.5, 0.6) is 0 Å². The molecule has 0 radical (unpaired) electrons. The second-order valence-electron chi connectivity index (χ2n) is 10.2. The second kappa shape index (κ2) is 12.9. The van der Waals surface area contributed by atoms with Crippen molar-refractivity contribution in [1.82, 2.24) is 0 Å². The number of thioether (sulfide) groups is 1. The highest BCUT2D eigenvalue weighted by Crippen LogP contribution is 2.45. The molecule has 0 N–H and O–H groups in total. The normalized spacial score (nSPS) is 17.6. The fourth-order valence-electron chi connectivity index (χ4n) is 5.51. The van der Waals surface area contributed by atoms with E-state index in [9.17, 15) is 9.59 Å². The Morgan fingerprint density at radius 1 is 1.07 bits per heavy atom. The highest BCUT2D eigenvalue weighted by atomic mass is 35.5. The lowest BCUT2D eigenvalue weighted by Gasteiger charge is -2.28. The monoisotopic (exact) mass is 584 g/mol. The summed E-state index contributed by atoms with van der Waals surface area (Å²) >= 11 is 7.77. The Balaban J connectivity index is 1.39. The fourth-order valence-corrected chi connectivity index (χ4v) is 6.48. The van der Waals surface area contributed by atoms with Gasteiger partial charge in [0.15, 0.2) is 5.78 Å². The first-order chi connectivity index (χ1) is 19.9. The number of nitrogens with zero attached hydrogens (tertiary/aromatic N) is 2. The first kappa shape index (κ1) is 28.9. The van der Waals surface area contributed by atoms with Crippen LogP contribution in [0.15, 0.2) is 101 Å². The third-order valence-corrected chi connectivity index (χ3v) is 8.86. The van der Waals surface area contributed by atoms with E-state index >= 15 is 0 Å². The minimum Gasteiger partial charge on any atom is -0.364 e. The largest absolute Gasteiger partial charge is 0.364 e. The number of carbonyl (C=O) groups excluding carboxylic acids is 2. The van der Waals surface area contributed by atoms with E-state index in [1.807, 2.05) is 61.5 Å². The van der Waals surface area contributed by atoms with Crippen molar-refractivity contribution in [1.29, 1.82) is 0 Å². The molecule has 0 aromatic heterocycles. The van der Waals surface area contributed by atoms with Crippen LogP contribution in [-0.2, 0) is 9.63 Å². The Morgan fingerprint density at radius 3 is 2.59 bits per heavy atom. The molecule has 3 aromatic rings. The predicted molar refractivity (Wildman–Crippen MR) is 168 cm³/mol. The molecule has 1 aliphatic carbocycles. The minimum absolute atomic E-state index is 0.0308. The molecule has 2 unspecified atom stereocenters. The highest BCUT2D eigenvalue weighted by Gasteiger charge is 2.37. The number of anilines is 1. The van der Waals surface area contributed by atoms with E-state index in [2.05, 4.69) is 47.3 Å². The number of hydrogen-bond donors (Lipinski definition) is 0.